The van der Waals surface area contributed by atoms with E-state index in [1.807, 2.05) is 23.9 Å². The molecule has 0 bridgehead atoms. The Morgan fingerprint density at radius 1 is 1.43 bits per heavy atom. The number of imidazole rings is 1. The Bertz CT molecular complexity index is 788. The Morgan fingerprint density at radius 2 is 2.19 bits per heavy atom. The molecule has 0 atom stereocenters. The van der Waals surface area contributed by atoms with Crippen molar-refractivity contribution >= 4 is 10.0 Å². The largest absolute Gasteiger partial charge is 0.338 e. The summed E-state index contributed by atoms with van der Waals surface area (Å²) >= 11 is 0. The Morgan fingerprint density at radius 3 is 2.81 bits per heavy atom. The summed E-state index contributed by atoms with van der Waals surface area (Å²) in [5.74, 6) is 0.806. The quantitative estimate of drug-likeness (QED) is 0.896. The summed E-state index contributed by atoms with van der Waals surface area (Å²) in [4.78, 5) is 4.28. The van der Waals surface area contributed by atoms with E-state index in [1.54, 1.807) is 25.3 Å². The molecular weight excluding hydrogens is 288 g/mol. The van der Waals surface area contributed by atoms with Crippen molar-refractivity contribution in [2.75, 3.05) is 6.54 Å². The van der Waals surface area contributed by atoms with Crippen molar-refractivity contribution in [2.24, 2.45) is 7.05 Å². The van der Waals surface area contributed by atoms with Crippen LogP contribution < -0.4 is 4.72 Å². The molecule has 110 valence electrons. The summed E-state index contributed by atoms with van der Waals surface area (Å²) in [6.07, 6.45) is 3.98. The van der Waals surface area contributed by atoms with Crippen molar-refractivity contribution in [3.8, 4) is 6.07 Å². The molecule has 0 fully saturated rings. The van der Waals surface area contributed by atoms with E-state index >= 15 is 0 Å². The van der Waals surface area contributed by atoms with Crippen LogP contribution in [0.3, 0.4) is 0 Å². The zero-order chi connectivity index (χ0) is 15.5. The SMILES string of the molecule is Cc1ccc(C#N)cc1S(=O)(=O)NCCc1nccn1C. The number of aryl methyl sites for hydroxylation is 2. The predicted octanol–water partition coefficient (Wildman–Crippen LogP) is 1.12. The van der Waals surface area contributed by atoms with Crippen molar-refractivity contribution in [3.05, 3.63) is 47.5 Å². The fraction of sp³-hybridized carbons (Fsp3) is 0.286. The van der Waals surface area contributed by atoms with Crippen LogP contribution in [0.1, 0.15) is 17.0 Å². The third-order valence-corrected chi connectivity index (χ3v) is 4.77. The number of nitrogens with one attached hydrogen (secondary N) is 1. The van der Waals surface area contributed by atoms with Crippen LogP contribution in [0.5, 0.6) is 0 Å². The molecule has 0 aliphatic rings. The number of nitriles is 1. The lowest BCUT2D eigenvalue weighted by atomic mass is 10.2. The lowest BCUT2D eigenvalue weighted by molar-refractivity contribution is 0.579. The topological polar surface area (TPSA) is 87.8 Å². The fourth-order valence-electron chi connectivity index (χ4n) is 1.97. The molecular formula is C14H16N4O2S. The number of nitrogens with zero attached hydrogens (tertiary/aromatic N) is 3. The predicted molar refractivity (Wildman–Crippen MR) is 78.0 cm³/mol. The number of hydrogen-bond acceptors (Lipinski definition) is 4. The van der Waals surface area contributed by atoms with E-state index < -0.39 is 10.0 Å². The third-order valence-electron chi connectivity index (χ3n) is 3.17. The smallest absolute Gasteiger partial charge is 0.240 e. The summed E-state index contributed by atoms with van der Waals surface area (Å²) in [6, 6.07) is 6.56. The first-order valence-electron chi connectivity index (χ1n) is 6.40. The number of rotatable bonds is 5. The molecule has 0 radical (unpaired) electrons. The van der Waals surface area contributed by atoms with E-state index in [-0.39, 0.29) is 11.4 Å². The molecule has 1 aromatic heterocycles. The molecule has 0 saturated heterocycles. The maximum absolute atomic E-state index is 12.3. The second-order valence-corrected chi connectivity index (χ2v) is 6.43. The summed E-state index contributed by atoms with van der Waals surface area (Å²) in [5, 5.41) is 8.87. The van der Waals surface area contributed by atoms with E-state index in [4.69, 9.17) is 5.26 Å². The Hall–Kier alpha value is -2.17. The highest BCUT2D eigenvalue weighted by atomic mass is 32.2. The molecule has 1 N–H and O–H groups in total. The minimum atomic E-state index is -3.63. The van der Waals surface area contributed by atoms with Crippen LogP contribution >= 0.6 is 0 Å². The highest BCUT2D eigenvalue weighted by Gasteiger charge is 2.17. The van der Waals surface area contributed by atoms with Gasteiger partial charge in [0.2, 0.25) is 10.0 Å². The van der Waals surface area contributed by atoms with Gasteiger partial charge in [-0.3, -0.25) is 0 Å². The van der Waals surface area contributed by atoms with Gasteiger partial charge in [-0.15, -0.1) is 0 Å². The zero-order valence-electron chi connectivity index (χ0n) is 11.9. The number of aromatic nitrogens is 2. The second-order valence-electron chi connectivity index (χ2n) is 4.69. The van der Waals surface area contributed by atoms with Crippen LogP contribution in [0.4, 0.5) is 0 Å². The monoisotopic (exact) mass is 304 g/mol. The second kappa shape index (κ2) is 6.08. The lowest BCUT2D eigenvalue weighted by Crippen LogP contribution is -2.27. The molecule has 0 aliphatic heterocycles. The van der Waals surface area contributed by atoms with Gasteiger partial charge in [-0.1, -0.05) is 6.07 Å². The first-order valence-corrected chi connectivity index (χ1v) is 7.89. The average Bonchev–Trinajstić information content (AvgIpc) is 2.84. The normalized spacial score (nSPS) is 11.3. The van der Waals surface area contributed by atoms with Gasteiger partial charge in [-0.05, 0) is 24.6 Å². The molecule has 0 amide bonds. The van der Waals surface area contributed by atoms with Gasteiger partial charge in [0.15, 0.2) is 0 Å². The van der Waals surface area contributed by atoms with E-state index in [1.165, 1.54) is 6.07 Å². The van der Waals surface area contributed by atoms with E-state index in [9.17, 15) is 8.42 Å². The van der Waals surface area contributed by atoms with Crippen LogP contribution in [0.25, 0.3) is 0 Å². The molecule has 0 saturated carbocycles. The van der Waals surface area contributed by atoms with Gasteiger partial charge in [-0.2, -0.15) is 5.26 Å². The van der Waals surface area contributed by atoms with Crippen molar-refractivity contribution in [1.82, 2.24) is 14.3 Å². The molecule has 0 spiro atoms. The van der Waals surface area contributed by atoms with Crippen LogP contribution in [0.2, 0.25) is 0 Å². The molecule has 1 heterocycles. The minimum Gasteiger partial charge on any atom is -0.338 e. The molecule has 7 heteroatoms. The van der Waals surface area contributed by atoms with Gasteiger partial charge >= 0.3 is 0 Å². The number of sulfonamides is 1. The first kappa shape index (κ1) is 15.2. The standard InChI is InChI=1S/C14H16N4O2S/c1-11-3-4-12(10-15)9-13(11)21(19,20)17-6-5-14-16-7-8-18(14)2/h3-4,7-9,17H,5-6H2,1-2H3. The summed E-state index contributed by atoms with van der Waals surface area (Å²) in [5.41, 5.74) is 0.934. The van der Waals surface area contributed by atoms with Crippen LogP contribution in [-0.2, 0) is 23.5 Å². The zero-order valence-corrected chi connectivity index (χ0v) is 12.7. The van der Waals surface area contributed by atoms with E-state index in [0.717, 1.165) is 5.82 Å². The van der Waals surface area contributed by atoms with Crippen LogP contribution in [0, 0.1) is 18.3 Å². The minimum absolute atomic E-state index is 0.140. The van der Waals surface area contributed by atoms with Gasteiger partial charge in [-0.25, -0.2) is 18.1 Å². The molecule has 6 nitrogen and oxygen atoms in total. The Balaban J connectivity index is 2.12. The average molecular weight is 304 g/mol. The molecule has 1 aromatic carbocycles. The maximum atomic E-state index is 12.3. The third kappa shape index (κ3) is 3.48. The van der Waals surface area contributed by atoms with Gasteiger partial charge in [0.05, 0.1) is 16.5 Å². The summed E-state index contributed by atoms with van der Waals surface area (Å²) in [7, 11) is -1.77. The molecule has 2 aromatic rings. The van der Waals surface area contributed by atoms with Crippen molar-refractivity contribution in [3.63, 3.8) is 0 Å². The highest BCUT2D eigenvalue weighted by Crippen LogP contribution is 2.16. The van der Waals surface area contributed by atoms with Crippen molar-refractivity contribution in [2.45, 2.75) is 18.2 Å². The van der Waals surface area contributed by atoms with E-state index in [2.05, 4.69) is 9.71 Å². The van der Waals surface area contributed by atoms with Gasteiger partial charge in [0.25, 0.3) is 0 Å². The Kier molecular flexibility index (Phi) is 4.40. The lowest BCUT2D eigenvalue weighted by Gasteiger charge is -2.09. The van der Waals surface area contributed by atoms with Crippen molar-refractivity contribution < 1.29 is 8.42 Å². The number of hydrogen-bond donors (Lipinski definition) is 1. The Labute approximate surface area is 124 Å². The number of benzene rings is 1. The molecule has 2 rings (SSSR count). The van der Waals surface area contributed by atoms with E-state index in [0.29, 0.717) is 17.5 Å². The van der Waals surface area contributed by atoms with Gasteiger partial charge in [0.1, 0.15) is 5.82 Å². The first-order chi connectivity index (χ1) is 9.94. The van der Waals surface area contributed by atoms with Crippen molar-refractivity contribution in [1.29, 1.82) is 5.26 Å². The molecule has 0 unspecified atom stereocenters. The van der Waals surface area contributed by atoms with Gasteiger partial charge in [0, 0.05) is 32.4 Å². The molecule has 0 aliphatic carbocycles. The molecule has 21 heavy (non-hydrogen) atoms. The van der Waals surface area contributed by atoms with Gasteiger partial charge < -0.3 is 4.57 Å². The highest BCUT2D eigenvalue weighted by molar-refractivity contribution is 7.89. The van der Waals surface area contributed by atoms with Crippen LogP contribution in [-0.4, -0.2) is 24.5 Å². The fourth-order valence-corrected chi connectivity index (χ4v) is 3.27. The summed E-state index contributed by atoms with van der Waals surface area (Å²) < 4.78 is 29.0. The maximum Gasteiger partial charge on any atom is 0.240 e. The van der Waals surface area contributed by atoms with Crippen LogP contribution in [0.15, 0.2) is 35.5 Å². The summed E-state index contributed by atoms with van der Waals surface area (Å²) in [6.45, 7) is 1.96.